The van der Waals surface area contributed by atoms with E-state index in [2.05, 4.69) is 151 Å². The average Bonchev–Trinajstić information content (AvgIpc) is 3.87. The minimum absolute atomic E-state index is 0.590. The third kappa shape index (κ3) is 6.11. The second-order valence-electron chi connectivity index (χ2n) is 14.4. The maximum Gasteiger partial charge on any atom is 0.160 e. The predicted octanol–water partition coefficient (Wildman–Crippen LogP) is 14.5. The Bertz CT molecular complexity index is 3280. The van der Waals surface area contributed by atoms with Gasteiger partial charge in [0.1, 0.15) is 0 Å². The van der Waals surface area contributed by atoms with Crippen LogP contribution in [0.15, 0.2) is 182 Å². The van der Waals surface area contributed by atoms with Gasteiger partial charge in [0, 0.05) is 75.0 Å². The molecule has 0 saturated carbocycles. The number of benzene rings is 7. The van der Waals surface area contributed by atoms with Crippen LogP contribution >= 0.6 is 22.7 Å². The van der Waals surface area contributed by atoms with Crippen LogP contribution in [0.5, 0.6) is 0 Å². The van der Waals surface area contributed by atoms with E-state index in [0.29, 0.717) is 11.4 Å². The second-order valence-corrected chi connectivity index (χ2v) is 16.6. The lowest BCUT2D eigenvalue weighted by Gasteiger charge is -2.14. The van der Waals surface area contributed by atoms with Crippen molar-refractivity contribution < 1.29 is 0 Å². The first-order chi connectivity index (χ1) is 28.6. The summed E-state index contributed by atoms with van der Waals surface area (Å²) >= 11 is 3.66. The Labute approximate surface area is 342 Å². The smallest absolute Gasteiger partial charge is 0.160 e. The lowest BCUT2D eigenvalue weighted by atomic mass is 9.93. The molecule has 4 nitrogen and oxygen atoms in total. The molecule has 0 unspecified atom stereocenters. The molecule has 0 saturated heterocycles. The van der Waals surface area contributed by atoms with Crippen molar-refractivity contribution in [2.45, 2.75) is 0 Å². The molecular formula is C52H30N4S2. The van der Waals surface area contributed by atoms with Crippen molar-refractivity contribution in [3.05, 3.63) is 188 Å². The van der Waals surface area contributed by atoms with Gasteiger partial charge in [0.2, 0.25) is 0 Å². The summed E-state index contributed by atoms with van der Waals surface area (Å²) < 4.78 is 5.13. The van der Waals surface area contributed by atoms with Crippen molar-refractivity contribution in [1.29, 1.82) is 5.26 Å². The Kier molecular flexibility index (Phi) is 8.21. The van der Waals surface area contributed by atoms with Crippen LogP contribution in [0.25, 0.3) is 108 Å². The van der Waals surface area contributed by atoms with Gasteiger partial charge in [0.25, 0.3) is 0 Å². The molecule has 6 heteroatoms. The van der Waals surface area contributed by atoms with E-state index in [1.165, 1.54) is 40.3 Å². The van der Waals surface area contributed by atoms with Crippen LogP contribution in [0.1, 0.15) is 5.56 Å². The topological polar surface area (TPSA) is 62.5 Å². The first kappa shape index (κ1) is 34.0. The number of hydrogen-bond acceptors (Lipinski definition) is 6. The van der Waals surface area contributed by atoms with Crippen LogP contribution in [0.2, 0.25) is 0 Å². The van der Waals surface area contributed by atoms with E-state index in [-0.39, 0.29) is 0 Å². The number of fused-ring (bicyclic) bond motifs is 6. The molecule has 0 amide bonds. The van der Waals surface area contributed by atoms with Crippen molar-refractivity contribution in [3.63, 3.8) is 0 Å². The molecule has 0 radical (unpaired) electrons. The molecule has 0 aliphatic rings. The van der Waals surface area contributed by atoms with Crippen LogP contribution in [0.3, 0.4) is 0 Å². The van der Waals surface area contributed by atoms with Crippen LogP contribution < -0.4 is 0 Å². The van der Waals surface area contributed by atoms with E-state index in [0.717, 1.165) is 61.5 Å². The van der Waals surface area contributed by atoms with E-state index in [9.17, 15) is 5.26 Å². The molecule has 0 aliphatic carbocycles. The molecule has 0 spiro atoms. The van der Waals surface area contributed by atoms with Gasteiger partial charge in [-0.15, -0.1) is 22.7 Å². The molecule has 0 aliphatic heterocycles. The highest BCUT2D eigenvalue weighted by Crippen LogP contribution is 2.41. The van der Waals surface area contributed by atoms with Crippen LogP contribution in [-0.4, -0.2) is 15.0 Å². The number of nitriles is 1. The Balaban J connectivity index is 1.14. The molecular weight excluding hydrogens is 745 g/mol. The van der Waals surface area contributed by atoms with E-state index < -0.39 is 0 Å². The van der Waals surface area contributed by atoms with Gasteiger partial charge >= 0.3 is 0 Å². The van der Waals surface area contributed by atoms with Crippen molar-refractivity contribution in [1.82, 2.24) is 15.0 Å². The molecule has 0 atom stereocenters. The quantitative estimate of drug-likeness (QED) is 0.169. The monoisotopic (exact) mass is 774 g/mol. The fourth-order valence-electron chi connectivity index (χ4n) is 7.88. The fraction of sp³-hybridized carbons (Fsp3) is 0. The van der Waals surface area contributed by atoms with Gasteiger partial charge in [0.05, 0.1) is 23.0 Å². The van der Waals surface area contributed by atoms with Crippen molar-refractivity contribution in [2.24, 2.45) is 0 Å². The van der Waals surface area contributed by atoms with Gasteiger partial charge in [-0.25, -0.2) is 9.97 Å². The largest absolute Gasteiger partial charge is 0.264 e. The van der Waals surface area contributed by atoms with Crippen LogP contribution in [0, 0.1) is 11.3 Å². The summed E-state index contributed by atoms with van der Waals surface area (Å²) in [6.45, 7) is 0. The molecule has 4 aromatic heterocycles. The van der Waals surface area contributed by atoms with Crippen LogP contribution in [0.4, 0.5) is 0 Å². The van der Waals surface area contributed by atoms with E-state index in [1.54, 1.807) is 6.20 Å². The summed E-state index contributed by atoms with van der Waals surface area (Å²) in [6.07, 6.45) is 3.67. The van der Waals surface area contributed by atoms with E-state index in [1.807, 2.05) is 59.2 Å². The lowest BCUT2D eigenvalue weighted by molar-refractivity contribution is 1.18. The molecule has 0 N–H and O–H groups in total. The highest BCUT2D eigenvalue weighted by molar-refractivity contribution is 7.26. The highest BCUT2D eigenvalue weighted by Gasteiger charge is 2.16. The van der Waals surface area contributed by atoms with E-state index >= 15 is 0 Å². The van der Waals surface area contributed by atoms with Gasteiger partial charge in [-0.05, 0) is 125 Å². The van der Waals surface area contributed by atoms with Gasteiger partial charge in [-0.2, -0.15) is 5.26 Å². The summed E-state index contributed by atoms with van der Waals surface area (Å²) in [6, 6.07) is 62.1. The summed E-state index contributed by atoms with van der Waals surface area (Å²) in [5.41, 5.74) is 11.6. The summed E-state index contributed by atoms with van der Waals surface area (Å²) in [4.78, 5) is 14.8. The third-order valence-electron chi connectivity index (χ3n) is 10.8. The first-order valence-corrected chi connectivity index (χ1v) is 20.7. The Hall–Kier alpha value is -7.30. The number of nitrogens with zero attached hydrogens (tertiary/aromatic N) is 4. The van der Waals surface area contributed by atoms with Crippen molar-refractivity contribution >= 4 is 63.0 Å². The Morgan fingerprint density at radius 3 is 1.52 bits per heavy atom. The van der Waals surface area contributed by atoms with Crippen molar-refractivity contribution in [2.75, 3.05) is 0 Å². The van der Waals surface area contributed by atoms with Gasteiger partial charge in [-0.1, -0.05) is 72.8 Å². The molecule has 11 aromatic rings. The minimum Gasteiger partial charge on any atom is -0.264 e. The fourth-order valence-corrected chi connectivity index (χ4v) is 10.1. The molecule has 58 heavy (non-hydrogen) atoms. The normalized spacial score (nSPS) is 11.4. The average molecular weight is 775 g/mol. The number of hydrogen-bond donors (Lipinski definition) is 0. The standard InChI is InChI=1S/C52H30N4S2/c53-30-32-14-16-33(17-15-32)52-55-46(37-8-5-7-34(23-37)38-9-6-22-54-31-38)29-47(56-52)41-25-39(35-18-20-50-44(27-35)42-10-1-3-12-48(42)57-50)24-40(26-41)36-19-21-51-45(28-36)43-11-2-4-13-49(43)58-51/h1-29,31H. The first-order valence-electron chi connectivity index (χ1n) is 19.0. The Morgan fingerprint density at radius 1 is 0.379 bits per heavy atom. The summed E-state index contributed by atoms with van der Waals surface area (Å²) in [5, 5.41) is 14.6. The molecule has 0 bridgehead atoms. The summed E-state index contributed by atoms with van der Waals surface area (Å²) in [7, 11) is 0. The third-order valence-corrected chi connectivity index (χ3v) is 13.1. The minimum atomic E-state index is 0.590. The molecule has 7 aromatic carbocycles. The van der Waals surface area contributed by atoms with Gasteiger partial charge < -0.3 is 0 Å². The van der Waals surface area contributed by atoms with Gasteiger partial charge in [0.15, 0.2) is 5.82 Å². The number of thiophene rings is 2. The maximum absolute atomic E-state index is 9.56. The SMILES string of the molecule is N#Cc1ccc(-c2nc(-c3cccc(-c4cccnc4)c3)cc(-c3cc(-c4ccc5sc6ccccc6c5c4)cc(-c4ccc5sc6ccccc6c5c4)c3)n2)cc1. The zero-order chi connectivity index (χ0) is 38.6. The Morgan fingerprint density at radius 2 is 0.897 bits per heavy atom. The van der Waals surface area contributed by atoms with E-state index in [4.69, 9.17) is 9.97 Å². The highest BCUT2D eigenvalue weighted by atomic mass is 32.1. The molecule has 0 fully saturated rings. The lowest BCUT2D eigenvalue weighted by Crippen LogP contribution is -1.97. The zero-order valence-electron chi connectivity index (χ0n) is 30.9. The number of rotatable bonds is 6. The summed E-state index contributed by atoms with van der Waals surface area (Å²) in [5.74, 6) is 0.591. The second kappa shape index (κ2) is 14.0. The predicted molar refractivity (Wildman–Crippen MR) is 243 cm³/mol. The number of pyridine rings is 1. The van der Waals surface area contributed by atoms with Crippen LogP contribution in [-0.2, 0) is 0 Å². The maximum atomic E-state index is 9.56. The van der Waals surface area contributed by atoms with Crippen molar-refractivity contribution in [3.8, 4) is 73.4 Å². The molecule has 270 valence electrons. The molecule has 11 rings (SSSR count). The molecule has 4 heterocycles. The van der Waals surface area contributed by atoms with Gasteiger partial charge in [-0.3, -0.25) is 4.98 Å². The zero-order valence-corrected chi connectivity index (χ0v) is 32.6. The number of aromatic nitrogens is 3.